The summed E-state index contributed by atoms with van der Waals surface area (Å²) in [6.45, 7) is 2.00. The van der Waals surface area contributed by atoms with Crippen LogP contribution in [0.5, 0.6) is 5.88 Å². The molecule has 4 aromatic heterocycles. The van der Waals surface area contributed by atoms with Crippen molar-refractivity contribution in [1.82, 2.24) is 24.3 Å². The maximum Gasteiger partial charge on any atom is 0.213 e. The summed E-state index contributed by atoms with van der Waals surface area (Å²) in [6.07, 6.45) is 10.8. The molecule has 0 radical (unpaired) electrons. The highest BCUT2D eigenvalue weighted by molar-refractivity contribution is 5.67. The monoisotopic (exact) mass is 444 g/mol. The van der Waals surface area contributed by atoms with Crippen LogP contribution in [0, 0.1) is 6.92 Å². The topological polar surface area (TPSA) is 129 Å². The Balaban J connectivity index is 1.50. The fourth-order valence-corrected chi connectivity index (χ4v) is 4.29. The van der Waals surface area contributed by atoms with Gasteiger partial charge in [0.15, 0.2) is 0 Å². The van der Waals surface area contributed by atoms with Gasteiger partial charge in [0, 0.05) is 24.5 Å². The quantitative estimate of drug-likeness (QED) is 0.428. The first kappa shape index (κ1) is 21.3. The summed E-state index contributed by atoms with van der Waals surface area (Å²) in [6, 6.07) is 7.89. The Morgan fingerprint density at radius 2 is 1.82 bits per heavy atom. The third kappa shape index (κ3) is 4.12. The van der Waals surface area contributed by atoms with Crippen molar-refractivity contribution in [2.75, 3.05) is 12.4 Å². The molecule has 0 spiro atoms. The SMILES string of the molecule is COc1ccc(Nc2ccc3ncc(-c4nc(C5(N)CCC(N)CC5)ncc4C)n3c2)cn1. The van der Waals surface area contributed by atoms with Gasteiger partial charge in [0.25, 0.3) is 0 Å². The number of hydrogen-bond donors (Lipinski definition) is 3. The maximum absolute atomic E-state index is 6.73. The van der Waals surface area contributed by atoms with Crippen molar-refractivity contribution >= 4 is 17.0 Å². The minimum atomic E-state index is -0.549. The zero-order chi connectivity index (χ0) is 23.0. The number of ether oxygens (including phenoxy) is 1. The zero-order valence-electron chi connectivity index (χ0n) is 18.8. The van der Waals surface area contributed by atoms with Gasteiger partial charge < -0.3 is 21.5 Å². The number of imidazole rings is 1. The van der Waals surface area contributed by atoms with E-state index in [0.717, 1.165) is 59.7 Å². The molecule has 1 saturated carbocycles. The molecule has 33 heavy (non-hydrogen) atoms. The summed E-state index contributed by atoms with van der Waals surface area (Å²) in [7, 11) is 1.60. The Morgan fingerprint density at radius 1 is 1.03 bits per heavy atom. The van der Waals surface area contributed by atoms with Crippen LogP contribution in [-0.2, 0) is 5.54 Å². The first-order valence-electron chi connectivity index (χ1n) is 11.1. The Morgan fingerprint density at radius 3 is 2.55 bits per heavy atom. The van der Waals surface area contributed by atoms with Crippen LogP contribution < -0.4 is 21.5 Å². The number of methoxy groups -OCH3 is 1. The van der Waals surface area contributed by atoms with Gasteiger partial charge in [-0.2, -0.15) is 0 Å². The molecule has 9 nitrogen and oxygen atoms in total. The molecular formula is C24H28N8O. The lowest BCUT2D eigenvalue weighted by molar-refractivity contribution is 0.264. The fraction of sp³-hybridized carbons (Fsp3) is 0.333. The van der Waals surface area contributed by atoms with E-state index < -0.39 is 5.54 Å². The molecule has 4 heterocycles. The van der Waals surface area contributed by atoms with Crippen LogP contribution >= 0.6 is 0 Å². The molecule has 4 aromatic rings. The third-order valence-corrected chi connectivity index (χ3v) is 6.32. The van der Waals surface area contributed by atoms with E-state index in [1.807, 2.05) is 54.2 Å². The number of aryl methyl sites for hydroxylation is 1. The average molecular weight is 445 g/mol. The van der Waals surface area contributed by atoms with Crippen LogP contribution in [0.2, 0.25) is 0 Å². The van der Waals surface area contributed by atoms with E-state index in [1.54, 1.807) is 13.3 Å². The molecule has 1 aliphatic rings. The van der Waals surface area contributed by atoms with Crippen LogP contribution in [0.1, 0.15) is 37.1 Å². The number of pyridine rings is 2. The molecule has 1 aliphatic carbocycles. The first-order valence-corrected chi connectivity index (χ1v) is 11.1. The highest BCUT2D eigenvalue weighted by atomic mass is 16.5. The van der Waals surface area contributed by atoms with Crippen molar-refractivity contribution in [3.8, 4) is 17.3 Å². The summed E-state index contributed by atoms with van der Waals surface area (Å²) in [5.74, 6) is 1.24. The standard InChI is InChI=1S/C24H28N8O/c1-15-11-29-23(24(26)9-7-16(25)8-10-24)31-22(15)19-13-27-20-5-3-18(14-32(19)20)30-17-4-6-21(33-2)28-12-17/h3-6,11-14,16,30H,7-10,25-26H2,1-2H3. The summed E-state index contributed by atoms with van der Waals surface area (Å²) < 4.78 is 7.16. The van der Waals surface area contributed by atoms with E-state index in [0.29, 0.717) is 11.7 Å². The molecular weight excluding hydrogens is 416 g/mol. The van der Waals surface area contributed by atoms with Crippen molar-refractivity contribution in [1.29, 1.82) is 0 Å². The summed E-state index contributed by atoms with van der Waals surface area (Å²) in [5.41, 5.74) is 17.5. The van der Waals surface area contributed by atoms with Crippen LogP contribution in [0.25, 0.3) is 17.0 Å². The molecule has 0 unspecified atom stereocenters. The predicted molar refractivity (Wildman–Crippen MR) is 127 cm³/mol. The molecule has 0 bridgehead atoms. The molecule has 9 heteroatoms. The predicted octanol–water partition coefficient (Wildman–Crippen LogP) is 3.30. The van der Waals surface area contributed by atoms with Crippen molar-refractivity contribution in [2.45, 2.75) is 44.2 Å². The Labute approximate surface area is 192 Å². The van der Waals surface area contributed by atoms with Gasteiger partial charge in [0.05, 0.1) is 47.8 Å². The molecule has 0 saturated heterocycles. The second-order valence-corrected chi connectivity index (χ2v) is 8.72. The van der Waals surface area contributed by atoms with E-state index in [-0.39, 0.29) is 6.04 Å². The van der Waals surface area contributed by atoms with Gasteiger partial charge in [0.1, 0.15) is 11.5 Å². The number of rotatable bonds is 5. The normalized spacial score (nSPS) is 20.7. The molecule has 0 aromatic carbocycles. The van der Waals surface area contributed by atoms with Gasteiger partial charge in [-0.1, -0.05) is 0 Å². The van der Waals surface area contributed by atoms with E-state index in [2.05, 4.69) is 20.3 Å². The van der Waals surface area contributed by atoms with Gasteiger partial charge in [-0.3, -0.25) is 4.40 Å². The van der Waals surface area contributed by atoms with Crippen LogP contribution in [0.3, 0.4) is 0 Å². The summed E-state index contributed by atoms with van der Waals surface area (Å²) in [4.78, 5) is 18.4. The highest BCUT2D eigenvalue weighted by Gasteiger charge is 2.35. The Kier molecular flexibility index (Phi) is 5.43. The fourth-order valence-electron chi connectivity index (χ4n) is 4.29. The second kappa shape index (κ2) is 8.42. The van der Waals surface area contributed by atoms with Crippen LogP contribution in [0.15, 0.2) is 49.1 Å². The number of anilines is 2. The molecule has 1 fully saturated rings. The third-order valence-electron chi connectivity index (χ3n) is 6.32. The van der Waals surface area contributed by atoms with E-state index in [9.17, 15) is 0 Å². The Bertz CT molecular complexity index is 1280. The number of nitrogens with zero attached hydrogens (tertiary/aromatic N) is 5. The van der Waals surface area contributed by atoms with Crippen LogP contribution in [-0.4, -0.2) is 37.5 Å². The molecule has 0 aliphatic heterocycles. The van der Waals surface area contributed by atoms with E-state index >= 15 is 0 Å². The average Bonchev–Trinajstić information content (AvgIpc) is 3.25. The molecule has 170 valence electrons. The minimum Gasteiger partial charge on any atom is -0.481 e. The molecule has 5 N–H and O–H groups in total. The van der Waals surface area contributed by atoms with E-state index in [1.165, 1.54) is 0 Å². The highest BCUT2D eigenvalue weighted by Crippen LogP contribution is 2.34. The van der Waals surface area contributed by atoms with Crippen molar-refractivity contribution in [3.63, 3.8) is 0 Å². The smallest absolute Gasteiger partial charge is 0.213 e. The van der Waals surface area contributed by atoms with Gasteiger partial charge in [-0.25, -0.2) is 19.9 Å². The van der Waals surface area contributed by atoms with Gasteiger partial charge in [-0.05, 0) is 56.4 Å². The van der Waals surface area contributed by atoms with Gasteiger partial charge in [-0.15, -0.1) is 0 Å². The first-order chi connectivity index (χ1) is 15.9. The van der Waals surface area contributed by atoms with Gasteiger partial charge in [0.2, 0.25) is 5.88 Å². The molecule has 0 atom stereocenters. The molecule has 5 rings (SSSR count). The minimum absolute atomic E-state index is 0.206. The van der Waals surface area contributed by atoms with Crippen LogP contribution in [0.4, 0.5) is 11.4 Å². The maximum atomic E-state index is 6.73. The summed E-state index contributed by atoms with van der Waals surface area (Å²) >= 11 is 0. The summed E-state index contributed by atoms with van der Waals surface area (Å²) in [5, 5.41) is 3.37. The number of hydrogen-bond acceptors (Lipinski definition) is 8. The Hall–Kier alpha value is -3.56. The lowest BCUT2D eigenvalue weighted by Gasteiger charge is -2.34. The van der Waals surface area contributed by atoms with Crippen molar-refractivity contribution in [3.05, 3.63) is 60.4 Å². The van der Waals surface area contributed by atoms with Gasteiger partial charge >= 0.3 is 0 Å². The lowest BCUT2D eigenvalue weighted by Crippen LogP contribution is -2.45. The molecule has 0 amide bonds. The lowest BCUT2D eigenvalue weighted by atomic mass is 9.79. The largest absolute Gasteiger partial charge is 0.481 e. The van der Waals surface area contributed by atoms with Crippen molar-refractivity contribution in [2.24, 2.45) is 11.5 Å². The number of fused-ring (bicyclic) bond motifs is 1. The van der Waals surface area contributed by atoms with E-state index in [4.69, 9.17) is 21.2 Å². The second-order valence-electron chi connectivity index (χ2n) is 8.72. The number of aromatic nitrogens is 5. The number of nitrogens with two attached hydrogens (primary N) is 2. The number of nitrogens with one attached hydrogen (secondary N) is 1. The van der Waals surface area contributed by atoms with Crippen molar-refractivity contribution < 1.29 is 4.74 Å². The zero-order valence-corrected chi connectivity index (χ0v) is 18.8.